The highest BCUT2D eigenvalue weighted by Crippen LogP contribution is 2.18. The van der Waals surface area contributed by atoms with Gasteiger partial charge in [0, 0.05) is 43.9 Å². The molecule has 9 nitrogen and oxygen atoms in total. The molecule has 0 aromatic heterocycles. The second kappa shape index (κ2) is 11.6. The van der Waals surface area contributed by atoms with Crippen LogP contribution < -0.4 is 9.47 Å². The predicted molar refractivity (Wildman–Crippen MR) is 124 cm³/mol. The van der Waals surface area contributed by atoms with Crippen molar-refractivity contribution in [2.24, 2.45) is 0 Å². The number of non-ortho nitro benzene ring substituents is 2. The van der Waals surface area contributed by atoms with Gasteiger partial charge in [0.05, 0.1) is 17.0 Å². The Morgan fingerprint density at radius 3 is 1.79 bits per heavy atom. The second-order valence-corrected chi connectivity index (χ2v) is 7.40. The standard InChI is InChI=1S/C24H25N3O6/c1-32-23-10-4-20(5-11-23)18-25(15-14-19-2-6-21(7-3-19)26(28)29)16-17-33-24-12-8-22(9-13-24)27(30)31/h2-13H,14-18H2,1H3. The number of rotatable bonds is 12. The van der Waals surface area contributed by atoms with Gasteiger partial charge in [0.25, 0.3) is 11.4 Å². The van der Waals surface area contributed by atoms with Crippen molar-refractivity contribution in [3.8, 4) is 11.5 Å². The fourth-order valence-electron chi connectivity index (χ4n) is 3.29. The van der Waals surface area contributed by atoms with Crippen molar-refractivity contribution in [3.05, 3.63) is 104 Å². The monoisotopic (exact) mass is 451 g/mol. The first kappa shape index (κ1) is 23.7. The van der Waals surface area contributed by atoms with Crippen molar-refractivity contribution in [3.63, 3.8) is 0 Å². The average Bonchev–Trinajstić information content (AvgIpc) is 2.83. The predicted octanol–water partition coefficient (Wildman–Crippen LogP) is 4.64. The van der Waals surface area contributed by atoms with Gasteiger partial charge in [-0.2, -0.15) is 0 Å². The van der Waals surface area contributed by atoms with Crippen molar-refractivity contribution in [1.29, 1.82) is 0 Å². The van der Waals surface area contributed by atoms with E-state index in [1.165, 1.54) is 24.3 Å². The van der Waals surface area contributed by atoms with E-state index in [1.807, 2.05) is 24.3 Å². The zero-order chi connectivity index (χ0) is 23.6. The van der Waals surface area contributed by atoms with Crippen molar-refractivity contribution < 1.29 is 19.3 Å². The number of nitro groups is 2. The molecule has 0 spiro atoms. The molecule has 0 fully saturated rings. The number of hydrogen-bond donors (Lipinski definition) is 0. The molecule has 0 atom stereocenters. The minimum Gasteiger partial charge on any atom is -0.497 e. The maximum absolute atomic E-state index is 10.9. The molecule has 3 aromatic carbocycles. The summed E-state index contributed by atoms with van der Waals surface area (Å²) in [4.78, 5) is 23.0. The highest BCUT2D eigenvalue weighted by Gasteiger charge is 2.10. The van der Waals surface area contributed by atoms with E-state index >= 15 is 0 Å². The SMILES string of the molecule is COc1ccc(CN(CCOc2ccc([N+](=O)[O-])cc2)CCc2ccc([N+](=O)[O-])cc2)cc1. The molecule has 9 heteroatoms. The maximum Gasteiger partial charge on any atom is 0.269 e. The summed E-state index contributed by atoms with van der Waals surface area (Å²) in [5.41, 5.74) is 2.23. The van der Waals surface area contributed by atoms with Gasteiger partial charge in [-0.1, -0.05) is 24.3 Å². The third-order valence-electron chi connectivity index (χ3n) is 5.15. The quantitative estimate of drug-likeness (QED) is 0.292. The summed E-state index contributed by atoms with van der Waals surface area (Å²) in [6, 6.07) is 20.4. The van der Waals surface area contributed by atoms with Crippen LogP contribution in [0.2, 0.25) is 0 Å². The van der Waals surface area contributed by atoms with Crippen molar-refractivity contribution in [2.75, 3.05) is 26.8 Å². The highest BCUT2D eigenvalue weighted by molar-refractivity contribution is 5.36. The molecule has 0 N–H and O–H groups in total. The largest absolute Gasteiger partial charge is 0.497 e. The van der Waals surface area contributed by atoms with E-state index in [0.29, 0.717) is 25.4 Å². The van der Waals surface area contributed by atoms with Gasteiger partial charge >= 0.3 is 0 Å². The fraction of sp³-hybridized carbons (Fsp3) is 0.250. The Kier molecular flexibility index (Phi) is 8.31. The van der Waals surface area contributed by atoms with E-state index in [-0.39, 0.29) is 11.4 Å². The van der Waals surface area contributed by atoms with E-state index in [0.717, 1.165) is 29.8 Å². The normalized spacial score (nSPS) is 10.7. The molecule has 172 valence electrons. The molecule has 3 rings (SSSR count). The Balaban J connectivity index is 1.60. The van der Waals surface area contributed by atoms with Crippen LogP contribution in [0.4, 0.5) is 11.4 Å². The third-order valence-corrected chi connectivity index (χ3v) is 5.15. The van der Waals surface area contributed by atoms with Crippen LogP contribution in [0.3, 0.4) is 0 Å². The van der Waals surface area contributed by atoms with Crippen LogP contribution in [0.1, 0.15) is 11.1 Å². The zero-order valence-corrected chi connectivity index (χ0v) is 18.3. The smallest absolute Gasteiger partial charge is 0.269 e. The lowest BCUT2D eigenvalue weighted by atomic mass is 10.1. The molecule has 0 aliphatic carbocycles. The molecule has 0 saturated heterocycles. The van der Waals surface area contributed by atoms with Crippen LogP contribution in [0.25, 0.3) is 0 Å². The van der Waals surface area contributed by atoms with Crippen LogP contribution in [0.5, 0.6) is 11.5 Å². The fourth-order valence-corrected chi connectivity index (χ4v) is 3.29. The molecule has 33 heavy (non-hydrogen) atoms. The molecule has 0 radical (unpaired) electrons. The summed E-state index contributed by atoms with van der Waals surface area (Å²) in [5, 5.41) is 21.6. The Labute approximate surface area is 191 Å². The third kappa shape index (κ3) is 7.29. The van der Waals surface area contributed by atoms with E-state index in [2.05, 4.69) is 4.90 Å². The first-order chi connectivity index (χ1) is 15.9. The molecule has 0 saturated carbocycles. The molecule has 0 bridgehead atoms. The minimum absolute atomic E-state index is 0.0200. The topological polar surface area (TPSA) is 108 Å². The summed E-state index contributed by atoms with van der Waals surface area (Å²) in [6.07, 6.45) is 0.728. The maximum atomic E-state index is 10.9. The van der Waals surface area contributed by atoms with E-state index in [4.69, 9.17) is 9.47 Å². The molecule has 0 aliphatic heterocycles. The number of benzene rings is 3. The summed E-state index contributed by atoms with van der Waals surface area (Å²) in [7, 11) is 1.63. The van der Waals surface area contributed by atoms with E-state index < -0.39 is 9.85 Å². The number of nitro benzene ring substituents is 2. The molecule has 0 heterocycles. The Morgan fingerprint density at radius 2 is 1.24 bits per heavy atom. The van der Waals surface area contributed by atoms with Crippen LogP contribution in [-0.4, -0.2) is 41.6 Å². The lowest BCUT2D eigenvalue weighted by Crippen LogP contribution is -2.30. The zero-order valence-electron chi connectivity index (χ0n) is 18.3. The summed E-state index contributed by atoms with van der Waals surface area (Å²) in [5.74, 6) is 1.36. The van der Waals surface area contributed by atoms with Gasteiger partial charge in [-0.05, 0) is 41.8 Å². The van der Waals surface area contributed by atoms with Crippen molar-refractivity contribution in [1.82, 2.24) is 4.90 Å². The average molecular weight is 451 g/mol. The van der Waals surface area contributed by atoms with Gasteiger partial charge in [0.2, 0.25) is 0 Å². The van der Waals surface area contributed by atoms with Crippen molar-refractivity contribution in [2.45, 2.75) is 13.0 Å². The first-order valence-corrected chi connectivity index (χ1v) is 10.4. The Hall–Kier alpha value is -3.98. The molecule has 0 amide bonds. The van der Waals surface area contributed by atoms with Gasteiger partial charge in [-0.3, -0.25) is 25.1 Å². The van der Waals surface area contributed by atoms with Crippen LogP contribution in [0, 0.1) is 20.2 Å². The van der Waals surface area contributed by atoms with Gasteiger partial charge in [0.1, 0.15) is 18.1 Å². The molecule has 0 unspecified atom stereocenters. The minimum atomic E-state index is -0.446. The van der Waals surface area contributed by atoms with E-state index in [9.17, 15) is 20.2 Å². The number of hydrogen-bond acceptors (Lipinski definition) is 7. The summed E-state index contributed by atoms with van der Waals surface area (Å²) >= 11 is 0. The highest BCUT2D eigenvalue weighted by atomic mass is 16.6. The lowest BCUT2D eigenvalue weighted by molar-refractivity contribution is -0.385. The molecular formula is C24H25N3O6. The molecule has 3 aromatic rings. The Bertz CT molecular complexity index is 1050. The van der Waals surface area contributed by atoms with Crippen molar-refractivity contribution >= 4 is 11.4 Å². The lowest BCUT2D eigenvalue weighted by Gasteiger charge is -2.23. The summed E-state index contributed by atoms with van der Waals surface area (Å²) < 4.78 is 11.0. The van der Waals surface area contributed by atoms with Crippen LogP contribution >= 0.6 is 0 Å². The molecular weight excluding hydrogens is 426 g/mol. The van der Waals surface area contributed by atoms with Gasteiger partial charge in [-0.25, -0.2) is 0 Å². The van der Waals surface area contributed by atoms with Gasteiger partial charge in [-0.15, -0.1) is 0 Å². The van der Waals surface area contributed by atoms with Crippen LogP contribution in [-0.2, 0) is 13.0 Å². The summed E-state index contributed by atoms with van der Waals surface area (Å²) in [6.45, 7) is 2.47. The van der Waals surface area contributed by atoms with Gasteiger partial charge in [0.15, 0.2) is 0 Å². The Morgan fingerprint density at radius 1 is 0.727 bits per heavy atom. The van der Waals surface area contributed by atoms with E-state index in [1.54, 1.807) is 31.4 Å². The second-order valence-electron chi connectivity index (χ2n) is 7.40. The first-order valence-electron chi connectivity index (χ1n) is 10.4. The molecule has 0 aliphatic rings. The van der Waals surface area contributed by atoms with Gasteiger partial charge < -0.3 is 9.47 Å². The number of ether oxygens (including phenoxy) is 2. The number of nitrogens with zero attached hydrogens (tertiary/aromatic N) is 3. The number of methoxy groups -OCH3 is 1. The van der Waals surface area contributed by atoms with Crippen LogP contribution in [0.15, 0.2) is 72.8 Å².